The van der Waals surface area contributed by atoms with E-state index in [0.29, 0.717) is 0 Å². The number of piperazine rings is 1. The van der Waals surface area contributed by atoms with Crippen molar-refractivity contribution >= 4 is 27.4 Å². The second-order valence-corrected chi connectivity index (χ2v) is 7.09. The fourth-order valence-electron chi connectivity index (χ4n) is 3.13. The highest BCUT2D eigenvalue weighted by Crippen LogP contribution is 2.19. The van der Waals surface area contributed by atoms with Crippen molar-refractivity contribution in [2.75, 3.05) is 31.1 Å². The van der Waals surface area contributed by atoms with E-state index in [9.17, 15) is 0 Å². The first-order valence-electron chi connectivity index (χ1n) is 8.28. The van der Waals surface area contributed by atoms with Gasteiger partial charge in [0.2, 0.25) is 0 Å². The first-order chi connectivity index (χ1) is 12.2. The Labute approximate surface area is 154 Å². The highest BCUT2D eigenvalue weighted by Gasteiger charge is 2.19. The van der Waals surface area contributed by atoms with E-state index in [0.717, 1.165) is 48.5 Å². The third-order valence-electron chi connectivity index (χ3n) is 4.50. The molecule has 2 aromatic heterocycles. The van der Waals surface area contributed by atoms with E-state index in [4.69, 9.17) is 0 Å². The number of hydrogen-bond donors (Lipinski definition) is 0. The van der Waals surface area contributed by atoms with Crippen LogP contribution in [0.2, 0.25) is 0 Å². The Balaban J connectivity index is 1.38. The molecule has 3 aromatic rings. The van der Waals surface area contributed by atoms with E-state index in [1.807, 2.05) is 18.2 Å². The summed E-state index contributed by atoms with van der Waals surface area (Å²) in [5, 5.41) is 12.5. The van der Waals surface area contributed by atoms with Gasteiger partial charge in [-0.3, -0.25) is 0 Å². The molecule has 1 aromatic carbocycles. The molecule has 4 rings (SSSR count). The molecule has 0 radical (unpaired) electrons. The highest BCUT2D eigenvalue weighted by atomic mass is 79.9. The molecule has 1 fully saturated rings. The first kappa shape index (κ1) is 16.1. The number of benzene rings is 1. The topological polar surface area (TPSA) is 49.6 Å². The van der Waals surface area contributed by atoms with Crippen molar-refractivity contribution < 1.29 is 0 Å². The Kier molecular flexibility index (Phi) is 4.40. The number of hydrogen-bond acceptors (Lipinski definition) is 5. The van der Waals surface area contributed by atoms with Crippen molar-refractivity contribution in [3.63, 3.8) is 0 Å². The summed E-state index contributed by atoms with van der Waals surface area (Å²) < 4.78 is 2.83. The van der Waals surface area contributed by atoms with Crippen molar-refractivity contribution in [1.29, 1.82) is 0 Å². The summed E-state index contributed by atoms with van der Waals surface area (Å²) in [4.78, 5) is 4.66. The van der Waals surface area contributed by atoms with Crippen LogP contribution in [-0.4, -0.2) is 50.9 Å². The number of halogens is 1. The number of fused-ring (bicyclic) bond motifs is 1. The lowest BCUT2D eigenvalue weighted by Crippen LogP contribution is -2.46. The Morgan fingerprint density at radius 2 is 1.96 bits per heavy atom. The fourth-order valence-corrected chi connectivity index (χ4v) is 3.58. The van der Waals surface area contributed by atoms with Gasteiger partial charge in [-0.05, 0) is 29.8 Å². The van der Waals surface area contributed by atoms with E-state index < -0.39 is 0 Å². The average molecular weight is 399 g/mol. The summed E-state index contributed by atoms with van der Waals surface area (Å²) in [6, 6.07) is 12.4. The molecule has 1 aliphatic heterocycles. The van der Waals surface area contributed by atoms with Gasteiger partial charge in [-0.2, -0.15) is 4.52 Å². The van der Waals surface area contributed by atoms with Gasteiger partial charge in [-0.25, -0.2) is 0 Å². The van der Waals surface area contributed by atoms with Gasteiger partial charge in [-0.1, -0.05) is 34.6 Å². The van der Waals surface area contributed by atoms with Crippen molar-refractivity contribution in [1.82, 2.24) is 24.7 Å². The first-order valence-corrected chi connectivity index (χ1v) is 9.07. The summed E-state index contributed by atoms with van der Waals surface area (Å²) >= 11 is 3.53. The molecule has 0 unspecified atom stereocenters. The minimum atomic E-state index is 0.768. The number of nitrogens with zero attached hydrogens (tertiary/aromatic N) is 6. The van der Waals surface area contributed by atoms with Crippen LogP contribution in [0.25, 0.3) is 5.65 Å². The zero-order valence-corrected chi connectivity index (χ0v) is 15.4. The van der Waals surface area contributed by atoms with Gasteiger partial charge < -0.3 is 9.80 Å². The molecular weight excluding hydrogens is 380 g/mol. The zero-order chi connectivity index (χ0) is 17.2. The summed E-state index contributed by atoms with van der Waals surface area (Å²) in [6.07, 6.45) is 2.51. The molecule has 0 amide bonds. The highest BCUT2D eigenvalue weighted by molar-refractivity contribution is 9.10. The minimum Gasteiger partial charge on any atom is -0.371 e. The maximum Gasteiger partial charge on any atom is 0.177 e. The molecule has 25 heavy (non-hydrogen) atoms. The van der Waals surface area contributed by atoms with Crippen LogP contribution in [-0.2, 0) is 6.42 Å². The molecule has 0 N–H and O–H groups in total. The molecular formula is C18H19BrN6. The Morgan fingerprint density at radius 3 is 2.76 bits per heavy atom. The monoisotopic (exact) mass is 398 g/mol. The third-order valence-corrected chi connectivity index (χ3v) is 4.99. The van der Waals surface area contributed by atoms with Crippen LogP contribution in [0.5, 0.6) is 0 Å². The second-order valence-electron chi connectivity index (χ2n) is 6.17. The van der Waals surface area contributed by atoms with Crippen molar-refractivity contribution in [3.8, 4) is 0 Å². The molecule has 0 saturated carbocycles. The van der Waals surface area contributed by atoms with E-state index in [-0.39, 0.29) is 0 Å². The fraction of sp³-hybridized carbons (Fsp3) is 0.278. The Hall–Kier alpha value is -2.41. The minimum absolute atomic E-state index is 0.768. The predicted octanol–water partition coefficient (Wildman–Crippen LogP) is 2.77. The summed E-state index contributed by atoms with van der Waals surface area (Å²) in [6.45, 7) is 8.05. The number of allylic oxidation sites excluding steroid dienone is 1. The summed E-state index contributed by atoms with van der Waals surface area (Å²) in [5.41, 5.74) is 3.21. The van der Waals surface area contributed by atoms with Crippen molar-refractivity contribution in [2.24, 2.45) is 0 Å². The van der Waals surface area contributed by atoms with E-state index in [1.165, 1.54) is 11.3 Å². The second kappa shape index (κ2) is 6.84. The SMILES string of the molecule is C=C(Cc1cccc(Br)c1)N1CCN(c2ccc3nncn3n2)CC1. The summed E-state index contributed by atoms with van der Waals surface area (Å²) in [5.74, 6) is 0.963. The number of rotatable bonds is 4. The van der Waals surface area contributed by atoms with Crippen molar-refractivity contribution in [2.45, 2.75) is 6.42 Å². The van der Waals surface area contributed by atoms with Crippen LogP contribution >= 0.6 is 15.9 Å². The molecule has 0 bridgehead atoms. The molecule has 6 nitrogen and oxygen atoms in total. The maximum absolute atomic E-state index is 4.58. The van der Waals surface area contributed by atoms with Gasteiger partial charge in [0.25, 0.3) is 0 Å². The van der Waals surface area contributed by atoms with Crippen LogP contribution in [0.15, 0.2) is 59.5 Å². The third kappa shape index (κ3) is 3.51. The average Bonchev–Trinajstić information content (AvgIpc) is 3.09. The van der Waals surface area contributed by atoms with Crippen LogP contribution < -0.4 is 4.90 Å². The maximum atomic E-state index is 4.58. The smallest absolute Gasteiger partial charge is 0.177 e. The van der Waals surface area contributed by atoms with Crippen LogP contribution in [0.4, 0.5) is 5.82 Å². The number of aromatic nitrogens is 4. The van der Waals surface area contributed by atoms with E-state index in [2.05, 4.69) is 65.8 Å². The molecule has 0 atom stereocenters. The largest absolute Gasteiger partial charge is 0.371 e. The van der Waals surface area contributed by atoms with Gasteiger partial charge in [0, 0.05) is 42.8 Å². The van der Waals surface area contributed by atoms with Crippen LogP contribution in [0.1, 0.15) is 5.56 Å². The van der Waals surface area contributed by atoms with Gasteiger partial charge in [0.15, 0.2) is 5.65 Å². The molecule has 0 spiro atoms. The lowest BCUT2D eigenvalue weighted by molar-refractivity contribution is 0.315. The van der Waals surface area contributed by atoms with Crippen LogP contribution in [0.3, 0.4) is 0 Å². The number of anilines is 1. The van der Waals surface area contributed by atoms with Gasteiger partial charge in [-0.15, -0.1) is 15.3 Å². The molecule has 0 aliphatic carbocycles. The molecule has 3 heterocycles. The van der Waals surface area contributed by atoms with E-state index in [1.54, 1.807) is 10.8 Å². The van der Waals surface area contributed by atoms with Crippen molar-refractivity contribution in [3.05, 3.63) is 65.0 Å². The van der Waals surface area contributed by atoms with Gasteiger partial charge in [0.05, 0.1) is 0 Å². The lowest BCUT2D eigenvalue weighted by Gasteiger charge is -2.37. The predicted molar refractivity (Wildman–Crippen MR) is 102 cm³/mol. The Bertz CT molecular complexity index is 897. The standard InChI is InChI=1S/C18H19BrN6/c1-14(11-15-3-2-4-16(19)12-15)23-7-9-24(10-8-23)18-6-5-17-21-20-13-25(17)22-18/h2-6,12-13H,1,7-11H2. The van der Waals surface area contributed by atoms with Gasteiger partial charge in [0.1, 0.15) is 12.1 Å². The molecule has 1 aliphatic rings. The lowest BCUT2D eigenvalue weighted by atomic mass is 10.1. The molecule has 7 heteroatoms. The van der Waals surface area contributed by atoms with Crippen LogP contribution in [0, 0.1) is 0 Å². The quantitative estimate of drug-likeness (QED) is 0.676. The zero-order valence-electron chi connectivity index (χ0n) is 13.8. The normalized spacial score (nSPS) is 14.9. The van der Waals surface area contributed by atoms with E-state index >= 15 is 0 Å². The van der Waals surface area contributed by atoms with Gasteiger partial charge >= 0.3 is 0 Å². The summed E-state index contributed by atoms with van der Waals surface area (Å²) in [7, 11) is 0. The molecule has 128 valence electrons. The Morgan fingerprint density at radius 1 is 1.12 bits per heavy atom. The molecule has 1 saturated heterocycles.